The maximum absolute atomic E-state index is 13.4. The summed E-state index contributed by atoms with van der Waals surface area (Å²) in [6, 6.07) is 0. The van der Waals surface area contributed by atoms with Gasteiger partial charge in [-0.1, -0.05) is 96.9 Å². The van der Waals surface area contributed by atoms with Gasteiger partial charge in [0.15, 0.2) is 43.1 Å². The maximum atomic E-state index is 13.4. The number of hydrogen-bond acceptors (Lipinski definition) is 18. The lowest BCUT2D eigenvalue weighted by Crippen LogP contribution is -2.67. The molecule has 332 valence electrons. The Hall–Kier alpha value is -3.87. The largest absolute Gasteiger partial charge is 0.463 e. The van der Waals surface area contributed by atoms with Gasteiger partial charge in [-0.15, -0.1) is 0 Å². The summed E-state index contributed by atoms with van der Waals surface area (Å²) in [6.45, 7) is 20.6. The van der Waals surface area contributed by atoms with Crippen LogP contribution in [0.25, 0.3) is 0 Å². The molecule has 0 spiro atoms. The molecule has 2 fully saturated rings. The van der Waals surface area contributed by atoms with E-state index in [4.69, 9.17) is 47.4 Å². The molecule has 0 bridgehead atoms. The monoisotopic (exact) mass is 832 g/mol. The summed E-state index contributed by atoms with van der Waals surface area (Å²) in [6.07, 6.45) is -16.8. The molecule has 2 aliphatic heterocycles. The molecule has 2 rings (SSSR count). The van der Waals surface area contributed by atoms with Crippen molar-refractivity contribution in [3.05, 3.63) is 0 Å². The number of carbonyl (C=O) groups is 7. The Morgan fingerprint density at radius 1 is 0.397 bits per heavy atom. The number of carbonyl (C=O) groups excluding carboxylic acids is 7. The van der Waals surface area contributed by atoms with Crippen LogP contribution in [0.1, 0.15) is 96.9 Å². The van der Waals surface area contributed by atoms with Gasteiger partial charge >= 0.3 is 41.8 Å². The SMILES string of the molecule is CC(C)C(=O)OC[C@H]1O[C@@H](O)[C@H](OC(=O)C(C)C)[C@@H](OC(=O)C(C)C)[C@@H]1O[C@H]1O[C@H](COC(=O)C(C)C)[C@@H](OC(=O)C(C)C)[C@H](OC(=O)C(C)C)[C@H]1OC(=O)C(C)C. The lowest BCUT2D eigenvalue weighted by atomic mass is 9.95. The van der Waals surface area contributed by atoms with Crippen molar-refractivity contribution in [3.8, 4) is 0 Å². The summed E-state index contributed by atoms with van der Waals surface area (Å²) in [5.74, 6) is -10.2. The van der Waals surface area contributed by atoms with E-state index in [1.165, 1.54) is 41.5 Å². The van der Waals surface area contributed by atoms with Gasteiger partial charge in [0.2, 0.25) is 0 Å². The molecule has 1 N–H and O–H groups in total. The minimum Gasteiger partial charge on any atom is -0.463 e. The Bertz CT molecular complexity index is 1420. The van der Waals surface area contributed by atoms with Crippen LogP contribution in [0, 0.1) is 41.4 Å². The van der Waals surface area contributed by atoms with E-state index in [2.05, 4.69) is 0 Å². The van der Waals surface area contributed by atoms with E-state index < -0.39 is 158 Å². The number of ether oxygens (including phenoxy) is 10. The minimum atomic E-state index is -1.94. The highest BCUT2D eigenvalue weighted by Gasteiger charge is 2.58. The van der Waals surface area contributed by atoms with Gasteiger partial charge in [-0.05, 0) is 0 Å². The average molecular weight is 833 g/mol. The van der Waals surface area contributed by atoms with Crippen molar-refractivity contribution in [2.75, 3.05) is 13.2 Å². The summed E-state index contributed by atoms with van der Waals surface area (Å²) in [5.41, 5.74) is 0. The topological polar surface area (TPSA) is 232 Å². The lowest BCUT2D eigenvalue weighted by Gasteiger charge is -2.48. The standard InChI is InChI=1S/C40H64O18/c1-17(2)32(41)49-15-24-27(28(54-35(44)20(7)8)30(39(48)51-24)56-37(46)22(11)12)58-40-31(57-38(47)23(13)14)29(55-36(45)21(9)10)26(53-34(43)19(5)6)25(52-40)16-50-33(42)18(3)4/h17-31,39-40,48H,15-16H2,1-14H3/t24-,25-,26-,27-,28+,29+,30-,31-,39-,40-/m1/s1. The number of aliphatic hydroxyl groups excluding tert-OH is 1. The van der Waals surface area contributed by atoms with Crippen molar-refractivity contribution in [2.24, 2.45) is 41.4 Å². The molecule has 2 heterocycles. The van der Waals surface area contributed by atoms with Crippen LogP contribution in [-0.4, -0.2) is 122 Å². The summed E-state index contributed by atoms with van der Waals surface area (Å²) < 4.78 is 58.9. The van der Waals surface area contributed by atoms with Crippen molar-refractivity contribution in [2.45, 2.75) is 158 Å². The van der Waals surface area contributed by atoms with Crippen LogP contribution >= 0.6 is 0 Å². The fourth-order valence-corrected chi connectivity index (χ4v) is 5.14. The molecule has 0 aromatic heterocycles. The molecule has 58 heavy (non-hydrogen) atoms. The molecular weight excluding hydrogens is 768 g/mol. The number of hydrogen-bond donors (Lipinski definition) is 1. The fraction of sp³-hybridized carbons (Fsp3) is 0.825. The van der Waals surface area contributed by atoms with Gasteiger partial charge in [0.1, 0.15) is 31.5 Å². The van der Waals surface area contributed by atoms with Crippen molar-refractivity contribution >= 4 is 41.8 Å². The highest BCUT2D eigenvalue weighted by molar-refractivity contribution is 5.75. The molecule has 0 amide bonds. The van der Waals surface area contributed by atoms with E-state index in [-0.39, 0.29) is 0 Å². The Morgan fingerprint density at radius 3 is 1.05 bits per heavy atom. The molecule has 0 aromatic rings. The van der Waals surface area contributed by atoms with Crippen LogP contribution < -0.4 is 0 Å². The minimum absolute atomic E-state index is 0.580. The van der Waals surface area contributed by atoms with Gasteiger partial charge in [-0.2, -0.15) is 0 Å². The van der Waals surface area contributed by atoms with Crippen LogP contribution in [0.15, 0.2) is 0 Å². The predicted molar refractivity (Wildman–Crippen MR) is 200 cm³/mol. The summed E-state index contributed by atoms with van der Waals surface area (Å²) in [4.78, 5) is 91.6. The molecule has 18 nitrogen and oxygen atoms in total. The second-order valence-electron chi connectivity index (χ2n) is 16.6. The van der Waals surface area contributed by atoms with Crippen LogP contribution in [0.4, 0.5) is 0 Å². The predicted octanol–water partition coefficient (Wildman–Crippen LogP) is 3.05. The second-order valence-corrected chi connectivity index (χ2v) is 16.6. The third-order valence-corrected chi connectivity index (χ3v) is 8.83. The number of rotatable bonds is 18. The van der Waals surface area contributed by atoms with Crippen LogP contribution in [0.2, 0.25) is 0 Å². The Labute approximate surface area is 340 Å². The van der Waals surface area contributed by atoms with E-state index in [9.17, 15) is 38.7 Å². The van der Waals surface area contributed by atoms with Gasteiger partial charge in [0, 0.05) is 0 Å². The Balaban J connectivity index is 2.93. The van der Waals surface area contributed by atoms with E-state index in [0.29, 0.717) is 0 Å². The molecule has 18 heteroatoms. The molecule has 0 aliphatic carbocycles. The molecule has 0 radical (unpaired) electrons. The summed E-state index contributed by atoms with van der Waals surface area (Å²) in [7, 11) is 0. The zero-order chi connectivity index (χ0) is 44.3. The van der Waals surface area contributed by atoms with E-state index in [1.807, 2.05) is 0 Å². The van der Waals surface area contributed by atoms with Crippen LogP contribution in [-0.2, 0) is 80.9 Å². The highest BCUT2D eigenvalue weighted by atomic mass is 16.8. The van der Waals surface area contributed by atoms with Crippen molar-refractivity contribution < 1.29 is 86.0 Å². The molecule has 0 aromatic carbocycles. The van der Waals surface area contributed by atoms with Gasteiger partial charge in [-0.3, -0.25) is 33.6 Å². The number of aliphatic hydroxyl groups is 1. The van der Waals surface area contributed by atoms with E-state index in [0.717, 1.165) is 0 Å². The first-order valence-corrected chi connectivity index (χ1v) is 19.9. The fourth-order valence-electron chi connectivity index (χ4n) is 5.14. The van der Waals surface area contributed by atoms with Crippen LogP contribution in [0.3, 0.4) is 0 Å². The van der Waals surface area contributed by atoms with E-state index >= 15 is 0 Å². The number of esters is 7. The second kappa shape index (κ2) is 22.5. The van der Waals surface area contributed by atoms with Gasteiger partial charge in [0.25, 0.3) is 0 Å². The van der Waals surface area contributed by atoms with Crippen molar-refractivity contribution in [1.82, 2.24) is 0 Å². The lowest BCUT2D eigenvalue weighted by molar-refractivity contribution is -0.358. The Kier molecular flexibility index (Phi) is 19.5. The third kappa shape index (κ3) is 14.2. The summed E-state index contributed by atoms with van der Waals surface area (Å²) >= 11 is 0. The molecule has 0 saturated carbocycles. The summed E-state index contributed by atoms with van der Waals surface area (Å²) in [5, 5.41) is 11.2. The van der Waals surface area contributed by atoms with Crippen molar-refractivity contribution in [3.63, 3.8) is 0 Å². The van der Waals surface area contributed by atoms with Crippen LogP contribution in [0.5, 0.6) is 0 Å². The third-order valence-electron chi connectivity index (χ3n) is 8.83. The average Bonchev–Trinajstić information content (AvgIpc) is 3.13. The maximum Gasteiger partial charge on any atom is 0.308 e. The van der Waals surface area contributed by atoms with Gasteiger partial charge in [0.05, 0.1) is 41.4 Å². The zero-order valence-corrected chi connectivity index (χ0v) is 36.1. The normalized spacial score (nSPS) is 27.5. The van der Waals surface area contributed by atoms with Crippen molar-refractivity contribution in [1.29, 1.82) is 0 Å². The molecule has 0 unspecified atom stereocenters. The smallest absolute Gasteiger partial charge is 0.308 e. The first-order chi connectivity index (χ1) is 26.9. The van der Waals surface area contributed by atoms with E-state index in [1.54, 1.807) is 55.4 Å². The quantitative estimate of drug-likeness (QED) is 0.154. The first-order valence-electron chi connectivity index (χ1n) is 19.9. The highest BCUT2D eigenvalue weighted by Crippen LogP contribution is 2.36. The van der Waals surface area contributed by atoms with Gasteiger partial charge < -0.3 is 52.5 Å². The first kappa shape index (κ1) is 50.3. The molecule has 10 atom stereocenters. The Morgan fingerprint density at radius 2 is 0.690 bits per heavy atom. The molecular formula is C40H64O18. The molecule has 2 saturated heterocycles. The zero-order valence-electron chi connectivity index (χ0n) is 36.1. The molecule has 2 aliphatic rings. The van der Waals surface area contributed by atoms with Gasteiger partial charge in [-0.25, -0.2) is 0 Å².